The molecule has 4 rings (SSSR count). The fourth-order valence-electron chi connectivity index (χ4n) is 3.47. The van der Waals surface area contributed by atoms with Crippen LogP contribution in [0.3, 0.4) is 0 Å². The van der Waals surface area contributed by atoms with Crippen LogP contribution in [0.5, 0.6) is 0 Å². The summed E-state index contributed by atoms with van der Waals surface area (Å²) in [7, 11) is 0. The second kappa shape index (κ2) is 10.7. The van der Waals surface area contributed by atoms with E-state index in [4.69, 9.17) is 16.6 Å². The first kappa shape index (κ1) is 25.7. The molecule has 0 saturated carbocycles. The molecule has 0 radical (unpaired) electrons. The van der Waals surface area contributed by atoms with Crippen molar-refractivity contribution in [1.82, 2.24) is 14.9 Å². The van der Waals surface area contributed by atoms with Gasteiger partial charge in [0, 0.05) is 22.5 Å². The zero-order valence-electron chi connectivity index (χ0n) is 20.2. The Morgan fingerprint density at radius 1 is 1.00 bits per heavy atom. The van der Waals surface area contributed by atoms with Gasteiger partial charge in [-0.05, 0) is 42.0 Å². The SMILES string of the molecule is CC(C)(C)C(=O)CSc1nc2cc(C(=O)NCc3ccccc3Cl)ccc2c(=O)n1-c1ccccc1. The van der Waals surface area contributed by atoms with Crippen LogP contribution in [-0.2, 0) is 11.3 Å². The Hall–Kier alpha value is -3.42. The van der Waals surface area contributed by atoms with Crippen LogP contribution in [-0.4, -0.2) is 27.0 Å². The van der Waals surface area contributed by atoms with Gasteiger partial charge in [-0.15, -0.1) is 0 Å². The van der Waals surface area contributed by atoms with E-state index in [9.17, 15) is 14.4 Å². The van der Waals surface area contributed by atoms with E-state index in [2.05, 4.69) is 5.32 Å². The van der Waals surface area contributed by atoms with E-state index in [0.717, 1.165) is 5.56 Å². The van der Waals surface area contributed by atoms with Gasteiger partial charge in [-0.2, -0.15) is 0 Å². The van der Waals surface area contributed by atoms with Crippen LogP contribution in [0.1, 0.15) is 36.7 Å². The highest BCUT2D eigenvalue weighted by atomic mass is 35.5. The van der Waals surface area contributed by atoms with Gasteiger partial charge in [0.2, 0.25) is 0 Å². The number of carbonyl (C=O) groups is 2. The highest BCUT2D eigenvalue weighted by Gasteiger charge is 2.23. The van der Waals surface area contributed by atoms with E-state index in [1.165, 1.54) is 16.3 Å². The number of thioether (sulfide) groups is 1. The molecule has 0 fully saturated rings. The van der Waals surface area contributed by atoms with Crippen molar-refractivity contribution in [3.05, 3.63) is 99.3 Å². The number of hydrogen-bond donors (Lipinski definition) is 1. The standard InChI is InChI=1S/C28H26ClN3O3S/c1-28(2,3)24(33)17-36-27-31-23-15-18(25(34)30-16-19-9-7-8-12-22(19)29)13-14-21(23)26(35)32(27)20-10-5-4-6-11-20/h4-15H,16-17H2,1-3H3,(H,30,34). The van der Waals surface area contributed by atoms with Crippen LogP contribution in [0.4, 0.5) is 0 Å². The first-order valence-electron chi connectivity index (χ1n) is 11.4. The number of nitrogens with one attached hydrogen (secondary N) is 1. The average molecular weight is 520 g/mol. The molecule has 1 N–H and O–H groups in total. The third-order valence-electron chi connectivity index (χ3n) is 5.68. The second-order valence-electron chi connectivity index (χ2n) is 9.34. The van der Waals surface area contributed by atoms with Crippen LogP contribution in [0.2, 0.25) is 5.02 Å². The Kier molecular flexibility index (Phi) is 7.62. The average Bonchev–Trinajstić information content (AvgIpc) is 2.86. The third kappa shape index (κ3) is 5.69. The molecule has 4 aromatic rings. The van der Waals surface area contributed by atoms with Gasteiger partial charge in [-0.1, -0.05) is 80.5 Å². The quantitative estimate of drug-likeness (QED) is 0.251. The summed E-state index contributed by atoms with van der Waals surface area (Å²) in [6.07, 6.45) is 0. The number of hydrogen-bond acceptors (Lipinski definition) is 5. The topological polar surface area (TPSA) is 81.1 Å². The van der Waals surface area contributed by atoms with Crippen molar-refractivity contribution in [3.8, 4) is 5.69 Å². The van der Waals surface area contributed by atoms with E-state index >= 15 is 0 Å². The smallest absolute Gasteiger partial charge is 0.266 e. The number of aromatic nitrogens is 2. The van der Waals surface area contributed by atoms with Gasteiger partial charge in [-0.3, -0.25) is 19.0 Å². The maximum Gasteiger partial charge on any atom is 0.266 e. The number of halogens is 1. The van der Waals surface area contributed by atoms with Crippen molar-refractivity contribution in [2.45, 2.75) is 32.5 Å². The largest absolute Gasteiger partial charge is 0.348 e. The van der Waals surface area contributed by atoms with Crippen molar-refractivity contribution in [3.63, 3.8) is 0 Å². The Morgan fingerprint density at radius 2 is 1.69 bits per heavy atom. The van der Waals surface area contributed by atoms with E-state index in [1.54, 1.807) is 24.3 Å². The zero-order chi connectivity index (χ0) is 25.9. The summed E-state index contributed by atoms with van der Waals surface area (Å²) in [4.78, 5) is 43.7. The highest BCUT2D eigenvalue weighted by Crippen LogP contribution is 2.25. The number of amides is 1. The molecule has 1 aromatic heterocycles. The summed E-state index contributed by atoms with van der Waals surface area (Å²) in [5.41, 5.74) is 1.46. The molecule has 0 saturated heterocycles. The van der Waals surface area contributed by atoms with Crippen LogP contribution in [0.15, 0.2) is 82.7 Å². The number of benzene rings is 3. The van der Waals surface area contributed by atoms with Crippen LogP contribution in [0.25, 0.3) is 16.6 Å². The molecule has 0 aliphatic rings. The maximum absolute atomic E-state index is 13.5. The van der Waals surface area contributed by atoms with Gasteiger partial charge in [0.15, 0.2) is 5.16 Å². The van der Waals surface area contributed by atoms with Gasteiger partial charge >= 0.3 is 0 Å². The van der Waals surface area contributed by atoms with Crippen LogP contribution < -0.4 is 10.9 Å². The summed E-state index contributed by atoms with van der Waals surface area (Å²) in [5, 5.41) is 4.21. The van der Waals surface area contributed by atoms with Crippen molar-refractivity contribution in [2.24, 2.45) is 5.41 Å². The molecule has 0 atom stereocenters. The molecular weight excluding hydrogens is 494 g/mol. The fourth-order valence-corrected chi connectivity index (χ4v) is 4.85. The first-order chi connectivity index (χ1) is 17.1. The summed E-state index contributed by atoms with van der Waals surface area (Å²) in [5.74, 6) is -0.0797. The third-order valence-corrected chi connectivity index (χ3v) is 6.99. The first-order valence-corrected chi connectivity index (χ1v) is 12.8. The number of nitrogens with zero attached hydrogens (tertiary/aromatic N) is 2. The highest BCUT2D eigenvalue weighted by molar-refractivity contribution is 7.99. The minimum atomic E-state index is -0.505. The van der Waals surface area contributed by atoms with Gasteiger partial charge in [0.1, 0.15) is 5.78 Å². The molecule has 184 valence electrons. The summed E-state index contributed by atoms with van der Waals surface area (Å²) in [6, 6.07) is 21.3. The van der Waals surface area contributed by atoms with Gasteiger partial charge in [0.25, 0.3) is 11.5 Å². The number of rotatable bonds is 7. The van der Waals surface area contributed by atoms with Crippen LogP contribution >= 0.6 is 23.4 Å². The number of carbonyl (C=O) groups excluding carboxylic acids is 2. The van der Waals surface area contributed by atoms with Gasteiger partial charge < -0.3 is 5.32 Å². The second-order valence-corrected chi connectivity index (χ2v) is 10.7. The van der Waals surface area contributed by atoms with E-state index in [1.807, 2.05) is 69.3 Å². The lowest BCUT2D eigenvalue weighted by atomic mass is 9.92. The lowest BCUT2D eigenvalue weighted by molar-refractivity contribution is -0.123. The molecule has 3 aromatic carbocycles. The van der Waals surface area contributed by atoms with Crippen molar-refractivity contribution in [1.29, 1.82) is 0 Å². The lowest BCUT2D eigenvalue weighted by Crippen LogP contribution is -2.25. The van der Waals surface area contributed by atoms with Crippen molar-refractivity contribution in [2.75, 3.05) is 5.75 Å². The monoisotopic (exact) mass is 519 g/mol. The predicted molar refractivity (Wildman–Crippen MR) is 145 cm³/mol. The van der Waals surface area contributed by atoms with Crippen molar-refractivity contribution < 1.29 is 9.59 Å². The Morgan fingerprint density at radius 3 is 2.39 bits per heavy atom. The molecule has 0 aliphatic carbocycles. The number of fused-ring (bicyclic) bond motifs is 1. The molecular formula is C28H26ClN3O3S. The number of Topliss-reactive ketones (excluding diaryl/α,β-unsaturated/α-hetero) is 1. The molecule has 8 heteroatoms. The van der Waals surface area contributed by atoms with E-state index in [-0.39, 0.29) is 29.5 Å². The minimum absolute atomic E-state index is 0.0501. The van der Waals surface area contributed by atoms with Gasteiger partial charge in [0.05, 0.1) is 22.3 Å². The summed E-state index contributed by atoms with van der Waals surface area (Å²) >= 11 is 7.40. The molecule has 0 aliphatic heterocycles. The van der Waals surface area contributed by atoms with Crippen LogP contribution in [0, 0.1) is 5.41 Å². The van der Waals surface area contributed by atoms with E-state index in [0.29, 0.717) is 32.3 Å². The van der Waals surface area contributed by atoms with Gasteiger partial charge in [-0.25, -0.2) is 4.98 Å². The summed E-state index contributed by atoms with van der Waals surface area (Å²) < 4.78 is 1.51. The number of para-hydroxylation sites is 1. The molecule has 1 amide bonds. The molecule has 6 nitrogen and oxygen atoms in total. The fraction of sp³-hybridized carbons (Fsp3) is 0.214. The maximum atomic E-state index is 13.5. The van der Waals surface area contributed by atoms with Crippen molar-refractivity contribution >= 4 is 46.0 Å². The predicted octanol–water partition coefficient (Wildman–Crippen LogP) is 5.68. The Labute approximate surface area is 218 Å². The minimum Gasteiger partial charge on any atom is -0.348 e. The Balaban J connectivity index is 1.70. The molecule has 0 spiro atoms. The summed E-state index contributed by atoms with van der Waals surface area (Å²) in [6.45, 7) is 5.86. The lowest BCUT2D eigenvalue weighted by Gasteiger charge is -2.17. The van der Waals surface area contributed by atoms with E-state index < -0.39 is 5.41 Å². The molecule has 0 unspecified atom stereocenters. The zero-order valence-corrected chi connectivity index (χ0v) is 21.8. The normalized spacial score (nSPS) is 11.4. The number of ketones is 1. The molecule has 0 bridgehead atoms. The molecule has 1 heterocycles. The molecule has 36 heavy (non-hydrogen) atoms. The Bertz CT molecular complexity index is 1490.